The zero-order valence-electron chi connectivity index (χ0n) is 14.6. The molecule has 1 heterocycles. The quantitative estimate of drug-likeness (QED) is 0.569. The van der Waals surface area contributed by atoms with Crippen LogP contribution in [-0.4, -0.2) is 22.5 Å². The number of nitrogens with one attached hydrogen (secondary N) is 2. The van der Waals surface area contributed by atoms with Gasteiger partial charge >= 0.3 is 5.97 Å². The fraction of sp³-hybridized carbons (Fsp3) is 0.105. The first-order valence-electron chi connectivity index (χ1n) is 8.24. The van der Waals surface area contributed by atoms with E-state index >= 15 is 0 Å². The molecule has 2 aromatic carbocycles. The predicted octanol–water partition coefficient (Wildman–Crippen LogP) is 3.86. The van der Waals surface area contributed by atoms with Crippen molar-refractivity contribution in [3.05, 3.63) is 66.2 Å². The predicted molar refractivity (Wildman–Crippen MR) is 102 cm³/mol. The minimum Gasteiger partial charge on any atom is -0.462 e. The van der Waals surface area contributed by atoms with Gasteiger partial charge in [0.25, 0.3) is 0 Å². The Morgan fingerprint density at radius 3 is 2.59 bits per heavy atom. The zero-order valence-corrected chi connectivity index (χ0v) is 14.6. The maximum atomic E-state index is 13.8. The number of para-hydroxylation sites is 1. The molecule has 27 heavy (non-hydrogen) atoms. The van der Waals surface area contributed by atoms with Crippen molar-refractivity contribution in [1.82, 2.24) is 9.97 Å². The number of ether oxygens (including phenoxy) is 1. The Labute approximate surface area is 155 Å². The first kappa shape index (κ1) is 18.1. The van der Waals surface area contributed by atoms with Crippen LogP contribution in [0.25, 0.3) is 0 Å². The Kier molecular flexibility index (Phi) is 5.46. The zero-order chi connectivity index (χ0) is 19.2. The summed E-state index contributed by atoms with van der Waals surface area (Å²) in [5.41, 5.74) is 7.57. The molecule has 0 aliphatic carbocycles. The number of carbonyl (C=O) groups is 1. The SMILES string of the molecule is CCOC(=O)c1cccc(Nc2ncnc(Nc3ccccc3F)c2N)c1. The van der Waals surface area contributed by atoms with Gasteiger partial charge < -0.3 is 21.1 Å². The Morgan fingerprint density at radius 2 is 1.85 bits per heavy atom. The van der Waals surface area contributed by atoms with Crippen LogP contribution < -0.4 is 16.4 Å². The molecule has 0 bridgehead atoms. The molecule has 138 valence electrons. The maximum absolute atomic E-state index is 13.8. The number of halogens is 1. The molecule has 0 amide bonds. The Bertz CT molecular complexity index is 964. The van der Waals surface area contributed by atoms with E-state index < -0.39 is 11.8 Å². The van der Waals surface area contributed by atoms with Gasteiger partial charge in [0.1, 0.15) is 17.8 Å². The van der Waals surface area contributed by atoms with Gasteiger partial charge in [-0.25, -0.2) is 19.2 Å². The van der Waals surface area contributed by atoms with Crippen molar-refractivity contribution in [3.8, 4) is 0 Å². The highest BCUT2D eigenvalue weighted by atomic mass is 19.1. The van der Waals surface area contributed by atoms with Gasteiger partial charge in [0.05, 0.1) is 17.9 Å². The first-order valence-corrected chi connectivity index (χ1v) is 8.24. The second kappa shape index (κ2) is 8.13. The molecule has 0 radical (unpaired) electrons. The van der Waals surface area contributed by atoms with E-state index in [0.717, 1.165) is 0 Å². The minimum atomic E-state index is -0.424. The van der Waals surface area contributed by atoms with Crippen molar-refractivity contribution < 1.29 is 13.9 Å². The lowest BCUT2D eigenvalue weighted by Gasteiger charge is -2.13. The summed E-state index contributed by atoms with van der Waals surface area (Å²) < 4.78 is 18.8. The molecule has 0 saturated carbocycles. The molecule has 1 aromatic heterocycles. The molecule has 8 heteroatoms. The van der Waals surface area contributed by atoms with Crippen molar-refractivity contribution in [2.75, 3.05) is 23.0 Å². The molecule has 7 nitrogen and oxygen atoms in total. The second-order valence-corrected chi connectivity index (χ2v) is 5.52. The standard InChI is InChI=1S/C19H18FN5O2/c1-2-27-19(26)12-6-5-7-13(10-12)24-17-16(21)18(23-11-22-17)25-15-9-4-3-8-14(15)20/h3-11H,2,21H2,1H3,(H2,22,23,24,25). The lowest BCUT2D eigenvalue weighted by molar-refractivity contribution is 0.0526. The van der Waals surface area contributed by atoms with Crippen molar-refractivity contribution in [2.45, 2.75) is 6.92 Å². The molecule has 3 aromatic rings. The van der Waals surface area contributed by atoms with E-state index in [4.69, 9.17) is 10.5 Å². The van der Waals surface area contributed by atoms with Gasteiger partial charge in [-0.05, 0) is 37.3 Å². The monoisotopic (exact) mass is 367 g/mol. The van der Waals surface area contributed by atoms with Crippen LogP contribution in [0.4, 0.5) is 33.1 Å². The lowest BCUT2D eigenvalue weighted by atomic mass is 10.2. The number of hydrogen-bond donors (Lipinski definition) is 3. The number of aromatic nitrogens is 2. The summed E-state index contributed by atoms with van der Waals surface area (Å²) in [6, 6.07) is 12.9. The van der Waals surface area contributed by atoms with E-state index in [1.54, 1.807) is 49.4 Å². The van der Waals surface area contributed by atoms with E-state index in [0.29, 0.717) is 23.7 Å². The van der Waals surface area contributed by atoms with Crippen LogP contribution in [0.5, 0.6) is 0 Å². The third-order valence-electron chi connectivity index (χ3n) is 3.65. The Balaban J connectivity index is 1.83. The molecule has 4 N–H and O–H groups in total. The van der Waals surface area contributed by atoms with Crippen molar-refractivity contribution in [3.63, 3.8) is 0 Å². The molecule has 0 atom stereocenters. The van der Waals surface area contributed by atoms with Crippen molar-refractivity contribution in [2.24, 2.45) is 0 Å². The van der Waals surface area contributed by atoms with Gasteiger partial charge in [-0.2, -0.15) is 0 Å². The summed E-state index contributed by atoms with van der Waals surface area (Å²) in [4.78, 5) is 20.0. The number of nitrogens with two attached hydrogens (primary N) is 1. The van der Waals surface area contributed by atoms with Gasteiger partial charge in [0, 0.05) is 5.69 Å². The Hall–Kier alpha value is -3.68. The van der Waals surface area contributed by atoms with Crippen LogP contribution in [-0.2, 0) is 4.74 Å². The molecule has 0 unspecified atom stereocenters. The maximum Gasteiger partial charge on any atom is 0.338 e. The van der Waals surface area contributed by atoms with Crippen LogP contribution in [0.1, 0.15) is 17.3 Å². The number of anilines is 5. The summed E-state index contributed by atoms with van der Waals surface area (Å²) in [7, 11) is 0. The molecule has 0 saturated heterocycles. The smallest absolute Gasteiger partial charge is 0.338 e. The summed E-state index contributed by atoms with van der Waals surface area (Å²) in [5, 5.41) is 5.88. The molecule has 0 fully saturated rings. The molecule has 0 aliphatic heterocycles. The summed E-state index contributed by atoms with van der Waals surface area (Å²) in [6.45, 7) is 2.03. The number of hydrogen-bond acceptors (Lipinski definition) is 7. The highest BCUT2D eigenvalue weighted by Gasteiger charge is 2.12. The largest absolute Gasteiger partial charge is 0.462 e. The van der Waals surface area contributed by atoms with Gasteiger partial charge in [0.2, 0.25) is 0 Å². The second-order valence-electron chi connectivity index (χ2n) is 5.52. The molecule has 0 spiro atoms. The number of carbonyl (C=O) groups excluding carboxylic acids is 1. The molecule has 0 aliphatic rings. The summed E-state index contributed by atoms with van der Waals surface area (Å²) in [5.74, 6) is -0.255. The minimum absolute atomic E-state index is 0.210. The van der Waals surface area contributed by atoms with Crippen molar-refractivity contribution in [1.29, 1.82) is 0 Å². The fourth-order valence-corrected chi connectivity index (χ4v) is 2.36. The van der Waals surface area contributed by atoms with Crippen molar-refractivity contribution >= 4 is 34.7 Å². The normalized spacial score (nSPS) is 10.3. The average molecular weight is 367 g/mol. The summed E-state index contributed by atoms with van der Waals surface area (Å²) >= 11 is 0. The van der Waals surface area contributed by atoms with E-state index in [2.05, 4.69) is 20.6 Å². The lowest BCUT2D eigenvalue weighted by Crippen LogP contribution is -2.07. The third-order valence-corrected chi connectivity index (χ3v) is 3.65. The molecule has 3 rings (SSSR count). The highest BCUT2D eigenvalue weighted by Crippen LogP contribution is 2.29. The topological polar surface area (TPSA) is 102 Å². The number of rotatable bonds is 6. The molecular formula is C19H18FN5O2. The number of benzene rings is 2. The fourth-order valence-electron chi connectivity index (χ4n) is 2.36. The summed E-state index contributed by atoms with van der Waals surface area (Å²) in [6.07, 6.45) is 1.30. The number of nitrogen functional groups attached to an aromatic ring is 1. The van der Waals surface area contributed by atoms with Crippen LogP contribution in [0.15, 0.2) is 54.9 Å². The number of nitrogens with zero attached hydrogens (tertiary/aromatic N) is 2. The third kappa shape index (κ3) is 4.30. The van der Waals surface area contributed by atoms with E-state index in [9.17, 15) is 9.18 Å². The Morgan fingerprint density at radius 1 is 1.11 bits per heavy atom. The van der Waals surface area contributed by atoms with Crippen LogP contribution in [0.3, 0.4) is 0 Å². The average Bonchev–Trinajstić information content (AvgIpc) is 2.67. The first-order chi connectivity index (χ1) is 13.1. The van der Waals surface area contributed by atoms with E-state index in [-0.39, 0.29) is 17.2 Å². The van der Waals surface area contributed by atoms with E-state index in [1.807, 2.05) is 0 Å². The van der Waals surface area contributed by atoms with Gasteiger partial charge in [-0.15, -0.1) is 0 Å². The van der Waals surface area contributed by atoms with Gasteiger partial charge in [0.15, 0.2) is 11.6 Å². The van der Waals surface area contributed by atoms with Crippen LogP contribution in [0.2, 0.25) is 0 Å². The van der Waals surface area contributed by atoms with E-state index in [1.165, 1.54) is 12.4 Å². The molecular weight excluding hydrogens is 349 g/mol. The van der Waals surface area contributed by atoms with Gasteiger partial charge in [-0.1, -0.05) is 18.2 Å². The highest BCUT2D eigenvalue weighted by molar-refractivity contribution is 5.91. The van der Waals surface area contributed by atoms with Gasteiger partial charge in [-0.3, -0.25) is 0 Å². The number of esters is 1. The van der Waals surface area contributed by atoms with Crippen LogP contribution in [0, 0.1) is 5.82 Å². The van der Waals surface area contributed by atoms with Crippen LogP contribution >= 0.6 is 0 Å².